The van der Waals surface area contributed by atoms with Crippen LogP contribution in [0.3, 0.4) is 0 Å². The molecule has 0 atom stereocenters. The monoisotopic (exact) mass is 442 g/mol. The highest BCUT2D eigenvalue weighted by Crippen LogP contribution is 2.45. The summed E-state index contributed by atoms with van der Waals surface area (Å²) in [5.74, 6) is 0. The minimum Gasteiger partial charge on any atom is -0.373 e. The Labute approximate surface area is 173 Å². The molecule has 0 saturated heterocycles. The average Bonchev–Trinajstić information content (AvgIpc) is 2.96. The Morgan fingerprint density at radius 1 is 0.926 bits per heavy atom. The third kappa shape index (κ3) is 3.54. The fraction of sp³-hybridized carbons (Fsp3) is 0.435. The maximum atomic E-state index is 4.41. The van der Waals surface area contributed by atoms with E-state index in [1.54, 1.807) is 0 Å². The van der Waals surface area contributed by atoms with Crippen molar-refractivity contribution >= 4 is 35.1 Å². The van der Waals surface area contributed by atoms with Gasteiger partial charge < -0.3 is 4.23 Å². The van der Waals surface area contributed by atoms with Crippen molar-refractivity contribution in [3.8, 4) is 0 Å². The maximum Gasteiger partial charge on any atom is 0.169 e. The number of fused-ring (bicyclic) bond motifs is 1. The minimum absolute atomic E-state index is 0.676. The van der Waals surface area contributed by atoms with Crippen LogP contribution < -0.4 is 0 Å². The molecule has 0 radical (unpaired) electrons. The van der Waals surface area contributed by atoms with Gasteiger partial charge >= 0.3 is 0 Å². The van der Waals surface area contributed by atoms with Gasteiger partial charge in [-0.15, -0.1) is 0 Å². The highest BCUT2D eigenvalue weighted by atomic mass is 79.9. The number of aromatic nitrogens is 2. The first-order valence-electron chi connectivity index (χ1n) is 9.98. The van der Waals surface area contributed by atoms with E-state index in [2.05, 4.69) is 103 Å². The molecular weight excluding hydrogens is 412 g/mol. The number of benzene rings is 1. The van der Waals surface area contributed by atoms with E-state index in [9.17, 15) is 0 Å². The molecule has 2 nitrogen and oxygen atoms in total. The predicted octanol–water partition coefficient (Wildman–Crippen LogP) is 7.41. The molecule has 0 aliphatic carbocycles. The van der Waals surface area contributed by atoms with Crippen LogP contribution in [0, 0.1) is 0 Å². The Morgan fingerprint density at radius 3 is 2.11 bits per heavy atom. The Morgan fingerprint density at radius 2 is 1.56 bits per heavy atom. The lowest BCUT2D eigenvalue weighted by Crippen LogP contribution is -2.51. The van der Waals surface area contributed by atoms with Gasteiger partial charge in [0.25, 0.3) is 0 Å². The van der Waals surface area contributed by atoms with Crippen molar-refractivity contribution in [2.45, 2.75) is 64.6 Å². The van der Waals surface area contributed by atoms with Crippen molar-refractivity contribution < 1.29 is 0 Å². The van der Waals surface area contributed by atoms with Crippen LogP contribution in [0.2, 0.25) is 16.6 Å². The van der Waals surface area contributed by atoms with E-state index in [0.29, 0.717) is 16.6 Å². The maximum absolute atomic E-state index is 4.41. The van der Waals surface area contributed by atoms with E-state index in [4.69, 9.17) is 0 Å². The third-order valence-electron chi connectivity index (χ3n) is 6.17. The number of pyridine rings is 1. The van der Waals surface area contributed by atoms with Gasteiger partial charge in [-0.25, -0.2) is 4.98 Å². The van der Waals surface area contributed by atoms with Crippen molar-refractivity contribution in [3.05, 3.63) is 64.5 Å². The first-order valence-corrected chi connectivity index (χ1v) is 13.0. The number of hydrogen-bond donors (Lipinski definition) is 0. The number of hydrogen-bond acceptors (Lipinski definition) is 1. The highest BCUT2D eigenvalue weighted by molar-refractivity contribution is 9.10. The van der Waals surface area contributed by atoms with Gasteiger partial charge in [-0.2, -0.15) is 0 Å². The zero-order chi connectivity index (χ0) is 19.8. The van der Waals surface area contributed by atoms with Gasteiger partial charge in [-0.1, -0.05) is 65.8 Å². The summed E-state index contributed by atoms with van der Waals surface area (Å²) in [6.07, 6.45) is 5.37. The van der Waals surface area contributed by atoms with Crippen LogP contribution >= 0.6 is 15.9 Å². The molecular formula is C23H31BrN2Si. The molecule has 2 heterocycles. The molecule has 0 amide bonds. The Bertz CT molecular complexity index is 888. The molecule has 1 aromatic carbocycles. The first-order chi connectivity index (χ1) is 12.8. The first kappa shape index (κ1) is 20.3. The van der Waals surface area contributed by atoms with E-state index < -0.39 is 8.24 Å². The molecule has 0 fully saturated rings. The van der Waals surface area contributed by atoms with Crippen LogP contribution in [0.25, 0.3) is 10.9 Å². The quantitative estimate of drug-likeness (QED) is 0.286. The lowest BCUT2D eigenvalue weighted by Gasteiger charge is -2.44. The summed E-state index contributed by atoms with van der Waals surface area (Å²) in [4.78, 5) is 4.41. The van der Waals surface area contributed by atoms with Gasteiger partial charge in [0.2, 0.25) is 0 Å². The SMILES string of the molecule is CC(C)[Si](C(C)C)(C(C)C)n1cc(Cc2ccc(Br)nc2)c2ccccc21. The Kier molecular flexibility index (Phi) is 5.97. The van der Waals surface area contributed by atoms with Crippen LogP contribution in [0.5, 0.6) is 0 Å². The van der Waals surface area contributed by atoms with Crippen molar-refractivity contribution in [2.75, 3.05) is 0 Å². The zero-order valence-corrected chi connectivity index (χ0v) is 19.9. The van der Waals surface area contributed by atoms with Crippen molar-refractivity contribution in [1.29, 1.82) is 0 Å². The molecule has 0 aliphatic heterocycles. The van der Waals surface area contributed by atoms with Gasteiger partial charge in [-0.05, 0) is 62.0 Å². The summed E-state index contributed by atoms with van der Waals surface area (Å²) in [7, 11) is -1.78. The lowest BCUT2D eigenvalue weighted by molar-refractivity contribution is 0.772. The van der Waals surface area contributed by atoms with Gasteiger partial charge in [0, 0.05) is 23.5 Å². The molecule has 0 N–H and O–H groups in total. The second-order valence-electron chi connectivity index (χ2n) is 8.56. The summed E-state index contributed by atoms with van der Waals surface area (Å²) >= 11 is 3.44. The Balaban J connectivity index is 2.21. The summed E-state index contributed by atoms with van der Waals surface area (Å²) in [6.45, 7) is 14.6. The fourth-order valence-corrected chi connectivity index (χ4v) is 12.2. The molecule has 2 aromatic heterocycles. The summed E-state index contributed by atoms with van der Waals surface area (Å²) in [5, 5.41) is 1.39. The minimum atomic E-state index is -1.78. The fourth-order valence-electron chi connectivity index (χ4n) is 5.28. The third-order valence-corrected chi connectivity index (χ3v) is 13.4. The molecule has 0 aliphatic rings. The molecule has 4 heteroatoms. The highest BCUT2D eigenvalue weighted by Gasteiger charge is 2.45. The summed E-state index contributed by atoms with van der Waals surface area (Å²) in [5.41, 5.74) is 6.10. The van der Waals surface area contributed by atoms with Crippen LogP contribution in [-0.2, 0) is 6.42 Å². The smallest absolute Gasteiger partial charge is 0.169 e. The van der Waals surface area contributed by atoms with E-state index in [1.165, 1.54) is 22.0 Å². The summed E-state index contributed by atoms with van der Waals surface area (Å²) < 4.78 is 3.61. The number of nitrogens with zero attached hydrogens (tertiary/aromatic N) is 2. The van der Waals surface area contributed by atoms with Gasteiger partial charge in [0.05, 0.1) is 0 Å². The van der Waals surface area contributed by atoms with Crippen molar-refractivity contribution in [3.63, 3.8) is 0 Å². The molecule has 0 spiro atoms. The zero-order valence-electron chi connectivity index (χ0n) is 17.3. The van der Waals surface area contributed by atoms with E-state index >= 15 is 0 Å². The van der Waals surface area contributed by atoms with Crippen molar-refractivity contribution in [1.82, 2.24) is 9.22 Å². The second-order valence-corrected chi connectivity index (χ2v) is 15.1. The van der Waals surface area contributed by atoms with E-state index in [1.807, 2.05) is 12.3 Å². The second kappa shape index (κ2) is 7.92. The van der Waals surface area contributed by atoms with Crippen molar-refractivity contribution in [2.24, 2.45) is 0 Å². The standard InChI is InChI=1S/C23H31BrN2Si/c1-16(2)27(17(3)4,18(5)6)26-15-20(21-9-7-8-10-22(21)26)13-19-11-12-23(24)25-14-19/h7-12,14-18H,13H2,1-6H3. The molecule has 3 rings (SSSR count). The molecule has 27 heavy (non-hydrogen) atoms. The number of rotatable bonds is 6. The molecule has 3 aromatic rings. The molecule has 0 bridgehead atoms. The predicted molar refractivity (Wildman–Crippen MR) is 123 cm³/mol. The number of para-hydroxylation sites is 1. The molecule has 144 valence electrons. The van der Waals surface area contributed by atoms with Crippen LogP contribution in [0.1, 0.15) is 52.7 Å². The largest absolute Gasteiger partial charge is 0.373 e. The summed E-state index contributed by atoms with van der Waals surface area (Å²) in [6, 6.07) is 13.1. The van der Waals surface area contributed by atoms with Crippen LogP contribution in [-0.4, -0.2) is 17.5 Å². The molecule has 0 saturated carbocycles. The molecule has 0 unspecified atom stereocenters. The normalized spacial score (nSPS) is 12.7. The lowest BCUT2D eigenvalue weighted by atomic mass is 10.1. The van der Waals surface area contributed by atoms with Crippen LogP contribution in [0.4, 0.5) is 0 Å². The van der Waals surface area contributed by atoms with Gasteiger partial charge in [0.1, 0.15) is 4.60 Å². The van der Waals surface area contributed by atoms with Gasteiger partial charge in [0.15, 0.2) is 8.24 Å². The topological polar surface area (TPSA) is 17.8 Å². The Hall–Kier alpha value is -1.39. The van der Waals surface area contributed by atoms with E-state index in [0.717, 1.165) is 11.0 Å². The van der Waals surface area contributed by atoms with E-state index in [-0.39, 0.29) is 0 Å². The van der Waals surface area contributed by atoms with Gasteiger partial charge in [-0.3, -0.25) is 0 Å². The van der Waals surface area contributed by atoms with Crippen LogP contribution in [0.15, 0.2) is 53.4 Å². The number of halogens is 1. The average molecular weight is 444 g/mol.